The van der Waals surface area contributed by atoms with Gasteiger partial charge in [-0.3, -0.25) is 28.8 Å². The molecule has 0 radical (unpaired) electrons. The van der Waals surface area contributed by atoms with Crippen LogP contribution in [0, 0.1) is 17.8 Å². The Hall–Kier alpha value is -3.22. The lowest BCUT2D eigenvalue weighted by Crippen LogP contribution is -2.50. The Morgan fingerprint density at radius 2 is 1.93 bits per heavy atom. The first-order chi connectivity index (χ1) is 19.9. The molecule has 2 aromatic rings. The molecule has 0 aromatic carbocycles. The van der Waals surface area contributed by atoms with E-state index < -0.39 is 41.5 Å². The van der Waals surface area contributed by atoms with Gasteiger partial charge in [-0.2, -0.15) is 0 Å². The van der Waals surface area contributed by atoms with Gasteiger partial charge in [0.25, 0.3) is 17.4 Å². The molecule has 5 atom stereocenters. The van der Waals surface area contributed by atoms with Crippen LogP contribution in [0.1, 0.15) is 62.2 Å². The van der Waals surface area contributed by atoms with Gasteiger partial charge in [0.2, 0.25) is 17.6 Å². The Labute approximate surface area is 256 Å². The van der Waals surface area contributed by atoms with Crippen LogP contribution in [0.25, 0.3) is 0 Å². The number of anilines is 1. The standard InChI is InChI=1S/C28H33Cl2N5O6S/c1-14-10-15-4-2-5-16(11-15)23(14)34-22(37)13-35-9-3-6-19(28(35)41)33-27(40)18(7-8-20(36)25(31)38)32-26(39)17-12-21(29)42-24(17)30/h3,6,9,12,14-16,18,23H,2,4-5,7-8,10-11,13H2,1H3,(H2,31,38)(H,32,39)(H,33,40)(H,34,37)/t14?,15?,16?,18-,23?/m0/s1. The number of carbonyl (C=O) groups is 5. The molecule has 2 aliphatic carbocycles. The highest BCUT2D eigenvalue weighted by atomic mass is 35.5. The molecule has 2 fully saturated rings. The Kier molecular flexibility index (Phi) is 10.4. The van der Waals surface area contributed by atoms with Crippen molar-refractivity contribution >= 4 is 69.6 Å². The summed E-state index contributed by atoms with van der Waals surface area (Å²) in [6.45, 7) is 1.93. The fraction of sp³-hybridized carbons (Fsp3) is 0.500. The van der Waals surface area contributed by atoms with Crippen LogP contribution in [0.15, 0.2) is 29.2 Å². The normalized spacial score (nSPS) is 22.1. The van der Waals surface area contributed by atoms with E-state index in [0.29, 0.717) is 11.8 Å². The average molecular weight is 639 g/mol. The zero-order valence-corrected chi connectivity index (χ0v) is 25.3. The maximum Gasteiger partial charge on any atom is 0.284 e. The number of hydrogen-bond donors (Lipinski definition) is 4. The fourth-order valence-electron chi connectivity index (χ4n) is 6.03. The van der Waals surface area contributed by atoms with E-state index in [-0.39, 0.29) is 44.8 Å². The Bertz CT molecular complexity index is 1440. The number of thiophene rings is 1. The molecule has 0 saturated heterocycles. The fourth-order valence-corrected chi connectivity index (χ4v) is 7.49. The second kappa shape index (κ2) is 13.8. The summed E-state index contributed by atoms with van der Waals surface area (Å²) in [5, 5.41) is 8.07. The zero-order chi connectivity index (χ0) is 30.6. The number of halogens is 2. The molecule has 42 heavy (non-hydrogen) atoms. The van der Waals surface area contributed by atoms with Crippen LogP contribution in [0.3, 0.4) is 0 Å². The van der Waals surface area contributed by atoms with Crippen molar-refractivity contribution < 1.29 is 24.0 Å². The predicted molar refractivity (Wildman–Crippen MR) is 160 cm³/mol. The highest BCUT2D eigenvalue weighted by Gasteiger charge is 2.38. The number of nitrogens with two attached hydrogens (primary N) is 1. The number of hydrogen-bond acceptors (Lipinski definition) is 7. The van der Waals surface area contributed by atoms with Gasteiger partial charge in [0.1, 0.15) is 22.6 Å². The van der Waals surface area contributed by atoms with Crippen molar-refractivity contribution in [2.24, 2.45) is 23.5 Å². The van der Waals surface area contributed by atoms with E-state index >= 15 is 0 Å². The number of nitrogens with one attached hydrogen (secondary N) is 3. The van der Waals surface area contributed by atoms with Crippen molar-refractivity contribution in [3.05, 3.63) is 49.0 Å². The van der Waals surface area contributed by atoms with E-state index in [1.54, 1.807) is 0 Å². The third-order valence-corrected chi connectivity index (χ3v) is 9.51. The molecule has 2 aliphatic rings. The minimum atomic E-state index is -1.33. The van der Waals surface area contributed by atoms with Gasteiger partial charge < -0.3 is 26.3 Å². The molecule has 4 unspecified atom stereocenters. The summed E-state index contributed by atoms with van der Waals surface area (Å²) < 4.78 is 1.55. The number of nitrogens with zero attached hydrogens (tertiary/aromatic N) is 1. The summed E-state index contributed by atoms with van der Waals surface area (Å²) >= 11 is 12.9. The van der Waals surface area contributed by atoms with E-state index in [2.05, 4.69) is 22.9 Å². The molecule has 2 bridgehead atoms. The lowest BCUT2D eigenvalue weighted by atomic mass is 9.65. The average Bonchev–Trinajstić information content (AvgIpc) is 3.28. The molecule has 5 N–H and O–H groups in total. The van der Waals surface area contributed by atoms with Gasteiger partial charge in [-0.05, 0) is 61.6 Å². The van der Waals surface area contributed by atoms with Crippen LogP contribution >= 0.6 is 34.5 Å². The number of fused-ring (bicyclic) bond motifs is 2. The summed E-state index contributed by atoms with van der Waals surface area (Å²) in [5.74, 6) is -2.44. The van der Waals surface area contributed by atoms with Crippen LogP contribution in [0.5, 0.6) is 0 Å². The Balaban J connectivity index is 1.44. The number of ketones is 1. The quantitative estimate of drug-likeness (QED) is 0.276. The number of amides is 4. The van der Waals surface area contributed by atoms with Crippen LogP contribution in [0.2, 0.25) is 8.67 Å². The van der Waals surface area contributed by atoms with Crippen molar-refractivity contribution in [2.75, 3.05) is 5.32 Å². The SMILES string of the molecule is CC1CC2CCCC(C2)C1NC(=O)Cn1cccc(NC(=O)[C@H](CCC(=O)C(N)=O)NC(=O)c2cc(Cl)sc2Cl)c1=O. The minimum absolute atomic E-state index is 0.0230. The molecule has 226 valence electrons. The molecule has 4 amide bonds. The first-order valence-corrected chi connectivity index (χ1v) is 15.4. The second-order valence-electron chi connectivity index (χ2n) is 11.0. The molecule has 0 spiro atoms. The monoisotopic (exact) mass is 637 g/mol. The van der Waals surface area contributed by atoms with Gasteiger partial charge in [-0.1, -0.05) is 43.0 Å². The number of Topliss-reactive ketones (excluding diaryl/α,β-unsaturated/α-hetero) is 1. The van der Waals surface area contributed by atoms with Crippen LogP contribution < -0.4 is 27.2 Å². The minimum Gasteiger partial charge on any atom is -0.363 e. The second-order valence-corrected chi connectivity index (χ2v) is 13.3. The smallest absolute Gasteiger partial charge is 0.284 e. The predicted octanol–water partition coefficient (Wildman–Crippen LogP) is 3.12. The molecule has 2 heterocycles. The largest absolute Gasteiger partial charge is 0.363 e. The first-order valence-electron chi connectivity index (χ1n) is 13.8. The highest BCUT2D eigenvalue weighted by molar-refractivity contribution is 7.20. The highest BCUT2D eigenvalue weighted by Crippen LogP contribution is 2.42. The molecule has 0 aliphatic heterocycles. The first kappa shape index (κ1) is 31.7. The summed E-state index contributed by atoms with van der Waals surface area (Å²) in [4.78, 5) is 75.2. The van der Waals surface area contributed by atoms with E-state index in [4.69, 9.17) is 28.9 Å². The molecule has 2 saturated carbocycles. The summed E-state index contributed by atoms with van der Waals surface area (Å²) in [6.07, 6.45) is 6.45. The topological polar surface area (TPSA) is 169 Å². The molecule has 11 nitrogen and oxygen atoms in total. The van der Waals surface area contributed by atoms with Gasteiger partial charge >= 0.3 is 0 Å². The van der Waals surface area contributed by atoms with Gasteiger partial charge in [0.05, 0.1) is 9.90 Å². The van der Waals surface area contributed by atoms with E-state index in [1.165, 1.54) is 41.8 Å². The van der Waals surface area contributed by atoms with Crippen molar-refractivity contribution in [1.29, 1.82) is 0 Å². The summed E-state index contributed by atoms with van der Waals surface area (Å²) in [7, 11) is 0. The Morgan fingerprint density at radius 3 is 2.62 bits per heavy atom. The molecule has 2 aromatic heterocycles. The van der Waals surface area contributed by atoms with E-state index in [1.807, 2.05) is 0 Å². The van der Waals surface area contributed by atoms with Crippen LogP contribution in [-0.2, 0) is 25.7 Å². The number of carbonyl (C=O) groups excluding carboxylic acids is 5. The van der Waals surface area contributed by atoms with Gasteiger partial charge in [-0.15, -0.1) is 11.3 Å². The number of pyridine rings is 1. The third kappa shape index (κ3) is 7.78. The van der Waals surface area contributed by atoms with Crippen LogP contribution in [0.4, 0.5) is 5.69 Å². The van der Waals surface area contributed by atoms with Gasteiger partial charge in [0.15, 0.2) is 0 Å². The number of primary amides is 1. The molecular weight excluding hydrogens is 605 g/mol. The Morgan fingerprint density at radius 1 is 1.17 bits per heavy atom. The van der Waals surface area contributed by atoms with Crippen molar-refractivity contribution in [3.63, 3.8) is 0 Å². The zero-order valence-electron chi connectivity index (χ0n) is 23.0. The summed E-state index contributed by atoms with van der Waals surface area (Å²) in [6, 6.07) is 2.93. The molecular formula is C28H33Cl2N5O6S. The van der Waals surface area contributed by atoms with E-state index in [9.17, 15) is 28.8 Å². The maximum absolute atomic E-state index is 13.2. The van der Waals surface area contributed by atoms with Gasteiger partial charge in [-0.25, -0.2) is 0 Å². The van der Waals surface area contributed by atoms with Gasteiger partial charge in [0, 0.05) is 18.7 Å². The third-order valence-electron chi connectivity index (χ3n) is 8.03. The van der Waals surface area contributed by atoms with Crippen LogP contribution in [-0.4, -0.2) is 46.1 Å². The van der Waals surface area contributed by atoms with Crippen molar-refractivity contribution in [1.82, 2.24) is 15.2 Å². The number of rotatable bonds is 11. The molecule has 14 heteroatoms. The molecule has 4 rings (SSSR count). The lowest BCUT2D eigenvalue weighted by molar-refractivity contribution is -0.136. The number of aromatic nitrogens is 1. The van der Waals surface area contributed by atoms with Crippen molar-refractivity contribution in [2.45, 2.75) is 70.5 Å². The lowest BCUT2D eigenvalue weighted by Gasteiger charge is -2.44. The summed E-state index contributed by atoms with van der Waals surface area (Å²) in [5.41, 5.74) is 4.29. The maximum atomic E-state index is 13.2. The van der Waals surface area contributed by atoms with E-state index in [0.717, 1.165) is 36.5 Å². The van der Waals surface area contributed by atoms with Crippen molar-refractivity contribution in [3.8, 4) is 0 Å².